The molecule has 100 valence electrons. The number of nitrogens with two attached hydrogens (primary N) is 1. The minimum absolute atomic E-state index is 0.452. The van der Waals surface area contributed by atoms with E-state index in [9.17, 15) is 0 Å². The van der Waals surface area contributed by atoms with E-state index in [4.69, 9.17) is 26.8 Å². The van der Waals surface area contributed by atoms with Crippen LogP contribution in [0.5, 0.6) is 17.2 Å². The summed E-state index contributed by atoms with van der Waals surface area (Å²) in [6.45, 7) is 2.92. The summed E-state index contributed by atoms with van der Waals surface area (Å²) in [5, 5.41) is 0.452. The maximum absolute atomic E-state index is 6.01. The first-order chi connectivity index (χ1) is 9.24. The zero-order valence-corrected chi connectivity index (χ0v) is 11.4. The molecule has 0 aliphatic rings. The summed E-state index contributed by atoms with van der Waals surface area (Å²) >= 11 is 6.01. The van der Waals surface area contributed by atoms with Crippen molar-refractivity contribution in [2.45, 2.75) is 13.5 Å². The van der Waals surface area contributed by atoms with E-state index in [2.05, 4.69) is 4.98 Å². The molecule has 0 aliphatic heterocycles. The zero-order chi connectivity index (χ0) is 13.7. The van der Waals surface area contributed by atoms with E-state index in [1.165, 1.54) is 6.20 Å². The second kappa shape index (κ2) is 6.41. The summed E-state index contributed by atoms with van der Waals surface area (Å²) < 4.78 is 11.3. The van der Waals surface area contributed by atoms with Crippen molar-refractivity contribution in [3.8, 4) is 17.2 Å². The molecule has 0 aliphatic carbocycles. The third kappa shape index (κ3) is 3.36. The standard InChI is InChI=1S/C14H15ClN2O2/c1-2-18-14-7-10(8-16)3-4-13(14)19-12-5-6-17-9-11(12)15/h3-7,9H,2,8,16H2,1H3. The maximum Gasteiger partial charge on any atom is 0.169 e. The molecule has 0 unspecified atom stereocenters. The Hall–Kier alpha value is -1.78. The summed E-state index contributed by atoms with van der Waals surface area (Å²) in [5.41, 5.74) is 6.60. The topological polar surface area (TPSA) is 57.4 Å². The van der Waals surface area contributed by atoms with E-state index in [-0.39, 0.29) is 0 Å². The molecule has 0 radical (unpaired) electrons. The summed E-state index contributed by atoms with van der Waals surface area (Å²) in [4.78, 5) is 3.91. The second-order valence-corrected chi connectivity index (χ2v) is 4.23. The number of hydrogen-bond acceptors (Lipinski definition) is 4. The molecule has 2 aromatic rings. The highest BCUT2D eigenvalue weighted by Gasteiger charge is 2.09. The fourth-order valence-electron chi connectivity index (χ4n) is 1.60. The quantitative estimate of drug-likeness (QED) is 0.911. The van der Waals surface area contributed by atoms with Gasteiger partial charge in [-0.15, -0.1) is 0 Å². The minimum Gasteiger partial charge on any atom is -0.490 e. The lowest BCUT2D eigenvalue weighted by Gasteiger charge is -2.13. The fourth-order valence-corrected chi connectivity index (χ4v) is 1.75. The maximum atomic E-state index is 6.01. The van der Waals surface area contributed by atoms with Crippen LogP contribution in [0, 0.1) is 0 Å². The van der Waals surface area contributed by atoms with Gasteiger partial charge in [0.05, 0.1) is 6.61 Å². The molecule has 19 heavy (non-hydrogen) atoms. The molecule has 0 spiro atoms. The molecule has 5 heteroatoms. The first-order valence-corrected chi connectivity index (χ1v) is 6.35. The van der Waals surface area contributed by atoms with E-state index in [0.717, 1.165) is 5.56 Å². The summed E-state index contributed by atoms with van der Waals surface area (Å²) in [5.74, 6) is 1.79. The molecule has 0 saturated carbocycles. The molecule has 0 atom stereocenters. The number of rotatable bonds is 5. The Morgan fingerprint density at radius 3 is 2.74 bits per heavy atom. The number of halogens is 1. The number of ether oxygens (including phenoxy) is 2. The monoisotopic (exact) mass is 278 g/mol. The Kier molecular flexibility index (Phi) is 4.60. The van der Waals surface area contributed by atoms with Gasteiger partial charge in [-0.05, 0) is 24.6 Å². The molecule has 1 aromatic heterocycles. The zero-order valence-electron chi connectivity index (χ0n) is 10.6. The fraction of sp³-hybridized carbons (Fsp3) is 0.214. The predicted molar refractivity (Wildman–Crippen MR) is 74.8 cm³/mol. The molecule has 4 nitrogen and oxygen atoms in total. The number of aromatic nitrogens is 1. The average molecular weight is 279 g/mol. The summed E-state index contributed by atoms with van der Waals surface area (Å²) in [7, 11) is 0. The molecule has 0 fully saturated rings. The Balaban J connectivity index is 2.31. The van der Waals surface area contributed by atoms with Crippen molar-refractivity contribution in [3.05, 3.63) is 47.2 Å². The van der Waals surface area contributed by atoms with E-state index < -0.39 is 0 Å². The van der Waals surface area contributed by atoms with Gasteiger partial charge < -0.3 is 15.2 Å². The SMILES string of the molecule is CCOc1cc(CN)ccc1Oc1ccncc1Cl. The van der Waals surface area contributed by atoms with Crippen LogP contribution in [0.2, 0.25) is 5.02 Å². The van der Waals surface area contributed by atoms with E-state index in [0.29, 0.717) is 35.4 Å². The Morgan fingerprint density at radius 1 is 1.21 bits per heavy atom. The lowest BCUT2D eigenvalue weighted by molar-refractivity contribution is 0.321. The van der Waals surface area contributed by atoms with E-state index in [1.807, 2.05) is 25.1 Å². The lowest BCUT2D eigenvalue weighted by Crippen LogP contribution is -2.00. The van der Waals surface area contributed by atoms with Crippen molar-refractivity contribution in [2.24, 2.45) is 5.73 Å². The van der Waals surface area contributed by atoms with Gasteiger partial charge in [0.1, 0.15) is 10.8 Å². The Bertz CT molecular complexity index is 561. The van der Waals surface area contributed by atoms with Gasteiger partial charge in [-0.1, -0.05) is 17.7 Å². The molecule has 1 aromatic carbocycles. The minimum atomic E-state index is 0.452. The van der Waals surface area contributed by atoms with Gasteiger partial charge in [0.25, 0.3) is 0 Å². The van der Waals surface area contributed by atoms with Crippen LogP contribution in [0.4, 0.5) is 0 Å². The van der Waals surface area contributed by atoms with Gasteiger partial charge in [0.15, 0.2) is 11.5 Å². The summed E-state index contributed by atoms with van der Waals surface area (Å²) in [6.07, 6.45) is 3.15. The van der Waals surface area contributed by atoms with Crippen molar-refractivity contribution < 1.29 is 9.47 Å². The van der Waals surface area contributed by atoms with E-state index in [1.54, 1.807) is 12.3 Å². The first-order valence-electron chi connectivity index (χ1n) is 5.97. The molecule has 1 heterocycles. The van der Waals surface area contributed by atoms with Crippen LogP contribution in [0.25, 0.3) is 0 Å². The first kappa shape index (κ1) is 13.6. The van der Waals surface area contributed by atoms with Crippen molar-refractivity contribution in [1.82, 2.24) is 4.98 Å². The van der Waals surface area contributed by atoms with Crippen LogP contribution in [0.3, 0.4) is 0 Å². The van der Waals surface area contributed by atoms with Crippen LogP contribution in [-0.2, 0) is 6.54 Å². The lowest BCUT2D eigenvalue weighted by atomic mass is 10.2. The normalized spacial score (nSPS) is 10.3. The van der Waals surface area contributed by atoms with Gasteiger partial charge >= 0.3 is 0 Å². The summed E-state index contributed by atoms with van der Waals surface area (Å²) in [6, 6.07) is 7.29. The van der Waals surface area contributed by atoms with Crippen LogP contribution < -0.4 is 15.2 Å². The molecular weight excluding hydrogens is 264 g/mol. The molecular formula is C14H15ClN2O2. The van der Waals surface area contributed by atoms with Gasteiger partial charge in [0.2, 0.25) is 0 Å². The predicted octanol–water partition coefficient (Wildman–Crippen LogP) is 3.38. The highest BCUT2D eigenvalue weighted by molar-refractivity contribution is 6.31. The number of pyridine rings is 1. The van der Waals surface area contributed by atoms with Gasteiger partial charge in [-0.25, -0.2) is 0 Å². The van der Waals surface area contributed by atoms with Crippen LogP contribution in [-0.4, -0.2) is 11.6 Å². The molecule has 2 N–H and O–H groups in total. The highest BCUT2D eigenvalue weighted by atomic mass is 35.5. The van der Waals surface area contributed by atoms with Crippen LogP contribution in [0.1, 0.15) is 12.5 Å². The average Bonchev–Trinajstić information content (AvgIpc) is 2.43. The number of benzene rings is 1. The largest absolute Gasteiger partial charge is 0.490 e. The second-order valence-electron chi connectivity index (χ2n) is 3.83. The van der Waals surface area contributed by atoms with Gasteiger partial charge in [0, 0.05) is 25.0 Å². The van der Waals surface area contributed by atoms with Crippen molar-refractivity contribution >= 4 is 11.6 Å². The third-order valence-electron chi connectivity index (χ3n) is 2.50. The smallest absolute Gasteiger partial charge is 0.169 e. The Morgan fingerprint density at radius 2 is 2.05 bits per heavy atom. The van der Waals surface area contributed by atoms with Crippen LogP contribution >= 0.6 is 11.6 Å². The molecule has 0 saturated heterocycles. The van der Waals surface area contributed by atoms with E-state index >= 15 is 0 Å². The van der Waals surface area contributed by atoms with Crippen molar-refractivity contribution in [3.63, 3.8) is 0 Å². The molecule has 0 amide bonds. The Labute approximate surface area is 117 Å². The third-order valence-corrected chi connectivity index (χ3v) is 2.78. The molecule has 2 rings (SSSR count). The number of hydrogen-bond donors (Lipinski definition) is 1. The highest BCUT2D eigenvalue weighted by Crippen LogP contribution is 2.35. The van der Waals surface area contributed by atoms with Gasteiger partial charge in [-0.3, -0.25) is 4.98 Å². The van der Waals surface area contributed by atoms with Crippen molar-refractivity contribution in [2.75, 3.05) is 6.61 Å². The van der Waals surface area contributed by atoms with Gasteiger partial charge in [-0.2, -0.15) is 0 Å². The van der Waals surface area contributed by atoms with Crippen LogP contribution in [0.15, 0.2) is 36.7 Å². The molecule has 0 bridgehead atoms. The number of nitrogens with zero attached hydrogens (tertiary/aromatic N) is 1. The van der Waals surface area contributed by atoms with Crippen molar-refractivity contribution in [1.29, 1.82) is 0 Å².